The molecule has 0 N–H and O–H groups in total. The van der Waals surface area contributed by atoms with E-state index in [1.165, 1.54) is 0 Å². The third kappa shape index (κ3) is 5.56. The van der Waals surface area contributed by atoms with Crippen LogP contribution in [0.3, 0.4) is 0 Å². The maximum atomic E-state index is 13.7. The van der Waals surface area contributed by atoms with Crippen molar-refractivity contribution in [3.8, 4) is 5.75 Å². The summed E-state index contributed by atoms with van der Waals surface area (Å²) >= 11 is 0. The first-order valence-electron chi connectivity index (χ1n) is 11.1. The lowest BCUT2D eigenvalue weighted by Gasteiger charge is -2.38. The van der Waals surface area contributed by atoms with Gasteiger partial charge in [0.2, 0.25) is 0 Å². The standard InChI is InChI=1S/C27H28N2O4S2/c1-21-9-13-24(14-10-21)35(30,31)33-34(25-7-5-17-28-19-25,26-8-6-18-29-20-26)23-15-11-22(12-16-23)32-27(2,3)4/h5-20H,1-4H3. The van der Waals surface area contributed by atoms with Crippen molar-refractivity contribution in [2.24, 2.45) is 0 Å². The minimum Gasteiger partial charge on any atom is -0.488 e. The van der Waals surface area contributed by atoms with Crippen LogP contribution in [-0.2, 0) is 13.7 Å². The predicted molar refractivity (Wildman–Crippen MR) is 137 cm³/mol. The summed E-state index contributed by atoms with van der Waals surface area (Å²) in [4.78, 5) is 10.6. The molecule has 4 rings (SSSR count). The Hall–Kier alpha value is -3.20. The highest BCUT2D eigenvalue weighted by molar-refractivity contribution is 8.33. The van der Waals surface area contributed by atoms with Gasteiger partial charge in [0.1, 0.15) is 11.4 Å². The first kappa shape index (κ1) is 24.9. The number of ether oxygens (including phenoxy) is 1. The van der Waals surface area contributed by atoms with Gasteiger partial charge in [-0.05, 0) is 98.7 Å². The molecule has 0 bridgehead atoms. The Kier molecular flexibility index (Phi) is 6.98. The number of hydrogen-bond donors (Lipinski definition) is 0. The highest BCUT2D eigenvalue weighted by atomic mass is 32.3. The smallest absolute Gasteiger partial charge is 0.307 e. The molecule has 0 saturated heterocycles. The number of rotatable bonds is 7. The van der Waals surface area contributed by atoms with Crippen LogP contribution in [0.4, 0.5) is 0 Å². The maximum absolute atomic E-state index is 13.7. The molecule has 0 aliphatic heterocycles. The van der Waals surface area contributed by atoms with Gasteiger partial charge >= 0.3 is 10.1 Å². The Balaban J connectivity index is 1.94. The number of pyridine rings is 2. The van der Waals surface area contributed by atoms with Gasteiger partial charge in [-0.2, -0.15) is 8.42 Å². The molecule has 2 heterocycles. The van der Waals surface area contributed by atoms with E-state index in [0.29, 0.717) is 20.4 Å². The van der Waals surface area contributed by atoms with E-state index in [9.17, 15) is 8.42 Å². The second-order valence-electron chi connectivity index (χ2n) is 8.95. The Morgan fingerprint density at radius 1 is 0.686 bits per heavy atom. The van der Waals surface area contributed by atoms with Gasteiger partial charge in [-0.1, -0.05) is 17.7 Å². The van der Waals surface area contributed by atoms with E-state index in [1.54, 1.807) is 61.2 Å². The van der Waals surface area contributed by atoms with E-state index >= 15 is 0 Å². The highest BCUT2D eigenvalue weighted by Crippen LogP contribution is 2.70. The van der Waals surface area contributed by atoms with Crippen molar-refractivity contribution in [2.45, 2.75) is 52.9 Å². The van der Waals surface area contributed by atoms with Crippen molar-refractivity contribution in [1.82, 2.24) is 9.97 Å². The zero-order valence-corrected chi connectivity index (χ0v) is 21.7. The zero-order valence-electron chi connectivity index (χ0n) is 20.1. The van der Waals surface area contributed by atoms with Gasteiger partial charge in [0.05, 0.1) is 4.90 Å². The summed E-state index contributed by atoms with van der Waals surface area (Å²) in [5, 5.41) is 0. The fourth-order valence-electron chi connectivity index (χ4n) is 3.49. The van der Waals surface area contributed by atoms with Crippen molar-refractivity contribution < 1.29 is 16.8 Å². The zero-order chi connectivity index (χ0) is 25.1. The van der Waals surface area contributed by atoms with Crippen LogP contribution >= 0.6 is 10.3 Å². The quantitative estimate of drug-likeness (QED) is 0.281. The van der Waals surface area contributed by atoms with Crippen LogP contribution in [0.1, 0.15) is 26.3 Å². The highest BCUT2D eigenvalue weighted by Gasteiger charge is 2.39. The predicted octanol–water partition coefficient (Wildman–Crippen LogP) is 6.56. The minimum atomic E-state index is -4.17. The average Bonchev–Trinajstić information content (AvgIpc) is 2.83. The summed E-state index contributed by atoms with van der Waals surface area (Å²) in [6.07, 6.45) is 6.58. The summed E-state index contributed by atoms with van der Waals surface area (Å²) in [5.41, 5.74) is 0.584. The van der Waals surface area contributed by atoms with Crippen molar-refractivity contribution in [1.29, 1.82) is 0 Å². The number of nitrogens with zero attached hydrogens (tertiary/aromatic N) is 2. The molecule has 0 radical (unpaired) electrons. The number of aryl methyl sites for hydroxylation is 1. The molecule has 0 spiro atoms. The molecule has 2 aromatic carbocycles. The molecule has 0 saturated carbocycles. The molecule has 4 aromatic rings. The molecule has 35 heavy (non-hydrogen) atoms. The molecule has 0 aliphatic carbocycles. The lowest BCUT2D eigenvalue weighted by Crippen LogP contribution is -2.22. The number of aromatic nitrogens is 2. The van der Waals surface area contributed by atoms with Gasteiger partial charge in [0.15, 0.2) is 0 Å². The van der Waals surface area contributed by atoms with Crippen molar-refractivity contribution in [3.05, 3.63) is 103 Å². The normalized spacial score (nSPS) is 12.8. The van der Waals surface area contributed by atoms with Crippen LogP contribution in [0.5, 0.6) is 5.75 Å². The second kappa shape index (κ2) is 9.81. The molecule has 0 amide bonds. The third-order valence-corrected chi connectivity index (χ3v) is 10.1. The fourth-order valence-corrected chi connectivity index (χ4v) is 8.59. The molecule has 6 nitrogen and oxygen atoms in total. The van der Waals surface area contributed by atoms with Crippen LogP contribution in [0.15, 0.2) is 117 Å². The van der Waals surface area contributed by atoms with Gasteiger partial charge < -0.3 is 4.74 Å². The molecular weight excluding hydrogens is 480 g/mol. The minimum absolute atomic E-state index is 0.0837. The summed E-state index contributed by atoms with van der Waals surface area (Å²) in [5.74, 6) is 0.674. The molecule has 182 valence electrons. The molecule has 0 fully saturated rings. The SMILES string of the molecule is Cc1ccc(S(=O)(=O)OS(c2ccc(OC(C)(C)C)cc2)(c2cccnc2)c2cccnc2)cc1. The van der Waals surface area contributed by atoms with Gasteiger partial charge in [-0.3, -0.25) is 9.97 Å². The maximum Gasteiger partial charge on any atom is 0.307 e. The Morgan fingerprint density at radius 3 is 1.66 bits per heavy atom. The summed E-state index contributed by atoms with van der Waals surface area (Å²) in [6, 6.07) is 21.2. The van der Waals surface area contributed by atoms with Crippen LogP contribution in [0.2, 0.25) is 0 Å². The van der Waals surface area contributed by atoms with Crippen molar-refractivity contribution in [2.75, 3.05) is 0 Å². The largest absolute Gasteiger partial charge is 0.488 e. The number of benzene rings is 2. The van der Waals surface area contributed by atoms with Crippen molar-refractivity contribution >= 4 is 20.4 Å². The van der Waals surface area contributed by atoms with E-state index in [1.807, 2.05) is 64.1 Å². The Labute approximate surface area is 208 Å². The lowest BCUT2D eigenvalue weighted by molar-refractivity contribution is 0.131. The van der Waals surface area contributed by atoms with Gasteiger partial charge in [0, 0.05) is 39.5 Å². The molecule has 2 aromatic heterocycles. The first-order valence-corrected chi connectivity index (χ1v) is 14.0. The summed E-state index contributed by atoms with van der Waals surface area (Å²) in [6.45, 7) is 7.82. The van der Waals surface area contributed by atoms with E-state index in [-0.39, 0.29) is 10.5 Å². The molecular formula is C27H28N2O4S2. The molecule has 0 unspecified atom stereocenters. The van der Waals surface area contributed by atoms with E-state index < -0.39 is 20.4 Å². The van der Waals surface area contributed by atoms with Gasteiger partial charge in [0.25, 0.3) is 0 Å². The number of hydrogen-bond acceptors (Lipinski definition) is 6. The summed E-state index contributed by atoms with van der Waals surface area (Å²) in [7, 11) is -6.95. The Bertz CT molecular complexity index is 1330. The Morgan fingerprint density at radius 2 is 1.20 bits per heavy atom. The van der Waals surface area contributed by atoms with Crippen molar-refractivity contribution in [3.63, 3.8) is 0 Å². The molecule has 0 atom stereocenters. The first-order chi connectivity index (χ1) is 16.6. The molecule has 8 heteroatoms. The average molecular weight is 509 g/mol. The molecule has 0 aliphatic rings. The fraction of sp³-hybridized carbons (Fsp3) is 0.185. The third-order valence-electron chi connectivity index (χ3n) is 5.01. The van der Waals surface area contributed by atoms with Crippen LogP contribution in [-0.4, -0.2) is 24.0 Å². The second-order valence-corrected chi connectivity index (χ2v) is 13.4. The van der Waals surface area contributed by atoms with Crippen LogP contribution in [0, 0.1) is 6.92 Å². The van der Waals surface area contributed by atoms with Crippen LogP contribution in [0.25, 0.3) is 0 Å². The van der Waals surface area contributed by atoms with Gasteiger partial charge in [-0.25, -0.2) is 3.63 Å². The lowest BCUT2D eigenvalue weighted by atomic mass is 10.2. The monoisotopic (exact) mass is 508 g/mol. The van der Waals surface area contributed by atoms with Crippen LogP contribution < -0.4 is 4.74 Å². The summed E-state index contributed by atoms with van der Waals surface area (Å²) < 4.78 is 39.6. The van der Waals surface area contributed by atoms with E-state index in [4.69, 9.17) is 8.37 Å². The van der Waals surface area contributed by atoms with Gasteiger partial charge in [-0.15, -0.1) is 0 Å². The van der Waals surface area contributed by atoms with E-state index in [0.717, 1.165) is 5.56 Å². The van der Waals surface area contributed by atoms with E-state index in [2.05, 4.69) is 9.97 Å². The topological polar surface area (TPSA) is 78.4 Å².